The highest BCUT2D eigenvalue weighted by atomic mass is 32.2. The Bertz CT molecular complexity index is 1310. The van der Waals surface area contributed by atoms with E-state index in [9.17, 15) is 10.1 Å². The summed E-state index contributed by atoms with van der Waals surface area (Å²) in [6, 6.07) is 22.1. The molecule has 0 fully saturated rings. The molecule has 0 spiro atoms. The van der Waals surface area contributed by atoms with E-state index < -0.39 is 0 Å². The first-order chi connectivity index (χ1) is 16.1. The number of pyridine rings is 1. The Morgan fingerprint density at radius 1 is 1.09 bits per heavy atom. The Hall–Kier alpha value is -3.54. The maximum atomic E-state index is 12.5. The van der Waals surface area contributed by atoms with Crippen LogP contribution in [0.5, 0.6) is 0 Å². The Morgan fingerprint density at radius 3 is 2.52 bits per heavy atom. The van der Waals surface area contributed by atoms with E-state index >= 15 is 0 Å². The van der Waals surface area contributed by atoms with Gasteiger partial charge in [0.1, 0.15) is 16.1 Å². The average Bonchev–Trinajstić information content (AvgIpc) is 3.30. The SMILES string of the molecule is CCc1nnc(NC(=O)CSc2nc(-c3ccccc3)cc(-c3ccc(C)cc3)c2C#N)s1. The van der Waals surface area contributed by atoms with E-state index in [1.165, 1.54) is 23.1 Å². The molecule has 1 amide bonds. The lowest BCUT2D eigenvalue weighted by molar-refractivity contribution is -0.113. The van der Waals surface area contributed by atoms with Crippen molar-refractivity contribution in [1.82, 2.24) is 15.2 Å². The number of hydrogen-bond donors (Lipinski definition) is 1. The summed E-state index contributed by atoms with van der Waals surface area (Å²) in [5.41, 5.74) is 5.03. The lowest BCUT2D eigenvalue weighted by Gasteiger charge is -2.13. The van der Waals surface area contributed by atoms with Crippen LogP contribution in [-0.4, -0.2) is 26.8 Å². The molecule has 1 N–H and O–H groups in total. The number of aryl methyl sites for hydroxylation is 2. The van der Waals surface area contributed by atoms with Gasteiger partial charge in [0.2, 0.25) is 11.0 Å². The van der Waals surface area contributed by atoms with Crippen LogP contribution < -0.4 is 5.32 Å². The van der Waals surface area contributed by atoms with E-state index in [1.54, 1.807) is 0 Å². The van der Waals surface area contributed by atoms with Crippen LogP contribution in [0.3, 0.4) is 0 Å². The number of nitrogens with zero attached hydrogens (tertiary/aromatic N) is 4. The Kier molecular flexibility index (Phi) is 7.13. The lowest BCUT2D eigenvalue weighted by Crippen LogP contribution is -2.14. The fourth-order valence-electron chi connectivity index (χ4n) is 3.19. The van der Waals surface area contributed by atoms with Crippen molar-refractivity contribution < 1.29 is 4.79 Å². The van der Waals surface area contributed by atoms with E-state index in [0.29, 0.717) is 15.7 Å². The molecule has 2 aromatic carbocycles. The zero-order valence-corrected chi connectivity index (χ0v) is 19.8. The van der Waals surface area contributed by atoms with Crippen LogP contribution in [0.2, 0.25) is 0 Å². The number of nitriles is 1. The molecule has 0 radical (unpaired) electrons. The first kappa shape index (κ1) is 22.6. The standard InChI is InChI=1S/C25H21N5OS2/c1-3-23-29-30-25(33-23)28-22(31)15-32-24-20(14-26)19(17-11-9-16(2)10-12-17)13-21(27-24)18-7-5-4-6-8-18/h4-13H,3,15H2,1-2H3,(H,28,30,31). The summed E-state index contributed by atoms with van der Waals surface area (Å²) in [5.74, 6) is -0.111. The number of carbonyl (C=O) groups is 1. The van der Waals surface area contributed by atoms with Gasteiger partial charge in [-0.25, -0.2) is 4.98 Å². The van der Waals surface area contributed by atoms with Crippen molar-refractivity contribution in [2.24, 2.45) is 0 Å². The second-order valence-electron chi connectivity index (χ2n) is 7.27. The largest absolute Gasteiger partial charge is 0.300 e. The van der Waals surface area contributed by atoms with Crippen molar-refractivity contribution in [2.45, 2.75) is 25.3 Å². The zero-order chi connectivity index (χ0) is 23.2. The molecule has 0 aliphatic rings. The fourth-order valence-corrected chi connectivity index (χ4v) is 4.69. The van der Waals surface area contributed by atoms with E-state index in [0.717, 1.165) is 39.4 Å². The normalized spacial score (nSPS) is 10.6. The Labute approximate surface area is 200 Å². The third-order valence-corrected chi connectivity index (χ3v) is 6.84. The van der Waals surface area contributed by atoms with Gasteiger partial charge in [-0.05, 0) is 25.0 Å². The van der Waals surface area contributed by atoms with Crippen LogP contribution in [0.1, 0.15) is 23.1 Å². The number of amides is 1. The summed E-state index contributed by atoms with van der Waals surface area (Å²) in [6.45, 7) is 4.01. The Morgan fingerprint density at radius 2 is 1.85 bits per heavy atom. The minimum Gasteiger partial charge on any atom is -0.300 e. The lowest BCUT2D eigenvalue weighted by atomic mass is 9.98. The molecule has 4 rings (SSSR count). The van der Waals surface area contributed by atoms with Crippen molar-refractivity contribution >= 4 is 34.1 Å². The molecule has 0 aliphatic heterocycles. The van der Waals surface area contributed by atoms with Gasteiger partial charge < -0.3 is 0 Å². The van der Waals surface area contributed by atoms with E-state index in [1.807, 2.05) is 74.5 Å². The number of hydrogen-bond acceptors (Lipinski definition) is 7. The van der Waals surface area contributed by atoms with Crippen molar-refractivity contribution in [3.05, 3.63) is 76.8 Å². The molecule has 2 aromatic heterocycles. The monoisotopic (exact) mass is 471 g/mol. The molecule has 8 heteroatoms. The molecule has 0 unspecified atom stereocenters. The van der Waals surface area contributed by atoms with Crippen LogP contribution in [0, 0.1) is 18.3 Å². The molecule has 2 heterocycles. The minimum absolute atomic E-state index is 0.105. The average molecular weight is 472 g/mol. The number of anilines is 1. The van der Waals surface area contributed by atoms with Crippen LogP contribution in [0.15, 0.2) is 65.7 Å². The number of benzene rings is 2. The molecule has 0 saturated heterocycles. The maximum Gasteiger partial charge on any atom is 0.236 e. The Balaban J connectivity index is 1.66. The highest BCUT2D eigenvalue weighted by Crippen LogP contribution is 2.34. The van der Waals surface area contributed by atoms with Crippen LogP contribution in [0.4, 0.5) is 5.13 Å². The number of thioether (sulfide) groups is 1. The molecule has 0 saturated carbocycles. The second-order valence-corrected chi connectivity index (χ2v) is 9.30. The topological polar surface area (TPSA) is 91.6 Å². The van der Waals surface area contributed by atoms with Gasteiger partial charge in [0.25, 0.3) is 0 Å². The molecule has 4 aromatic rings. The van der Waals surface area contributed by atoms with E-state index in [4.69, 9.17) is 4.98 Å². The van der Waals surface area contributed by atoms with E-state index in [2.05, 4.69) is 21.6 Å². The predicted octanol–water partition coefficient (Wildman–Crippen LogP) is 5.74. The van der Waals surface area contributed by atoms with Crippen molar-refractivity contribution in [2.75, 3.05) is 11.1 Å². The summed E-state index contributed by atoms with van der Waals surface area (Å²) in [4.78, 5) is 17.3. The van der Waals surface area contributed by atoms with Gasteiger partial charge in [0, 0.05) is 11.1 Å². The second kappa shape index (κ2) is 10.4. The van der Waals surface area contributed by atoms with Crippen molar-refractivity contribution in [3.8, 4) is 28.5 Å². The van der Waals surface area contributed by atoms with Gasteiger partial charge in [-0.3, -0.25) is 10.1 Å². The molecular formula is C25H21N5OS2. The molecule has 0 aliphatic carbocycles. The van der Waals surface area contributed by atoms with Gasteiger partial charge in [0.05, 0.1) is 17.0 Å². The summed E-state index contributed by atoms with van der Waals surface area (Å²) in [7, 11) is 0. The van der Waals surface area contributed by atoms with Crippen molar-refractivity contribution in [3.63, 3.8) is 0 Å². The summed E-state index contributed by atoms with van der Waals surface area (Å²) in [5, 5.41) is 22.6. The summed E-state index contributed by atoms with van der Waals surface area (Å²) in [6.07, 6.45) is 0.770. The third kappa shape index (κ3) is 5.45. The van der Waals surface area contributed by atoms with Gasteiger partial charge in [-0.2, -0.15) is 5.26 Å². The van der Waals surface area contributed by atoms with Crippen LogP contribution in [0.25, 0.3) is 22.4 Å². The minimum atomic E-state index is -0.216. The molecule has 6 nitrogen and oxygen atoms in total. The number of nitrogens with one attached hydrogen (secondary N) is 1. The maximum absolute atomic E-state index is 12.5. The van der Waals surface area contributed by atoms with Gasteiger partial charge in [-0.1, -0.05) is 90.2 Å². The number of carbonyl (C=O) groups excluding carboxylic acids is 1. The third-order valence-electron chi connectivity index (χ3n) is 4.89. The highest BCUT2D eigenvalue weighted by Gasteiger charge is 2.17. The molecule has 0 atom stereocenters. The molecule has 33 heavy (non-hydrogen) atoms. The van der Waals surface area contributed by atoms with Crippen LogP contribution in [-0.2, 0) is 11.2 Å². The smallest absolute Gasteiger partial charge is 0.236 e. The van der Waals surface area contributed by atoms with Gasteiger partial charge in [-0.15, -0.1) is 10.2 Å². The van der Waals surface area contributed by atoms with Gasteiger partial charge in [0.15, 0.2) is 0 Å². The summed E-state index contributed by atoms with van der Waals surface area (Å²) < 4.78 is 0. The molecule has 164 valence electrons. The zero-order valence-electron chi connectivity index (χ0n) is 18.2. The van der Waals surface area contributed by atoms with Gasteiger partial charge >= 0.3 is 0 Å². The first-order valence-corrected chi connectivity index (χ1v) is 12.2. The van der Waals surface area contributed by atoms with Crippen molar-refractivity contribution in [1.29, 1.82) is 5.26 Å². The molecule has 0 bridgehead atoms. The van der Waals surface area contributed by atoms with Crippen LogP contribution >= 0.6 is 23.1 Å². The number of aromatic nitrogens is 3. The highest BCUT2D eigenvalue weighted by molar-refractivity contribution is 8.00. The first-order valence-electron chi connectivity index (χ1n) is 10.4. The quantitative estimate of drug-likeness (QED) is 0.346. The predicted molar refractivity (Wildman–Crippen MR) is 133 cm³/mol. The number of rotatable bonds is 7. The van der Waals surface area contributed by atoms with E-state index in [-0.39, 0.29) is 11.7 Å². The fraction of sp³-hybridized carbons (Fsp3) is 0.160. The molecular weight excluding hydrogens is 450 g/mol. The summed E-state index contributed by atoms with van der Waals surface area (Å²) >= 11 is 2.60.